The molecule has 0 spiro atoms. The zero-order valence-corrected chi connectivity index (χ0v) is 14.7. The Morgan fingerprint density at radius 2 is 1.70 bits per heavy atom. The topological polar surface area (TPSA) is 85.4 Å². The van der Waals surface area contributed by atoms with E-state index in [1.54, 1.807) is 32.4 Å². The number of nitrogens with one attached hydrogen (secondary N) is 2. The van der Waals surface area contributed by atoms with Gasteiger partial charge in [0.05, 0.1) is 25.5 Å². The average molecular weight is 368 g/mol. The number of benzene rings is 2. The first-order valence-corrected chi connectivity index (χ1v) is 7.97. The molecule has 0 aliphatic carbocycles. The molecule has 7 nitrogen and oxygen atoms in total. The highest BCUT2D eigenvalue weighted by Gasteiger charge is 2.10. The second-order valence-electron chi connectivity index (χ2n) is 5.45. The van der Waals surface area contributed by atoms with Crippen molar-refractivity contribution in [3.8, 4) is 11.5 Å². The smallest absolute Gasteiger partial charge is 0.258 e. The van der Waals surface area contributed by atoms with E-state index in [4.69, 9.17) is 9.47 Å². The maximum Gasteiger partial charge on any atom is 0.258 e. The number of carbonyl (C=O) groups is 1. The number of anilines is 3. The van der Waals surface area contributed by atoms with Gasteiger partial charge in [-0.3, -0.25) is 4.79 Å². The van der Waals surface area contributed by atoms with Crippen LogP contribution in [0.1, 0.15) is 10.4 Å². The fraction of sp³-hybridized carbons (Fsp3) is 0.105. The van der Waals surface area contributed by atoms with Gasteiger partial charge in [-0.05, 0) is 36.4 Å². The Hall–Kier alpha value is -3.68. The fourth-order valence-corrected chi connectivity index (χ4v) is 2.28. The molecule has 27 heavy (non-hydrogen) atoms. The molecular weight excluding hydrogens is 351 g/mol. The Balaban J connectivity index is 1.72. The van der Waals surface area contributed by atoms with E-state index in [9.17, 15) is 9.18 Å². The third kappa shape index (κ3) is 4.49. The first-order chi connectivity index (χ1) is 13.1. The van der Waals surface area contributed by atoms with Gasteiger partial charge in [0, 0.05) is 24.1 Å². The molecule has 1 aromatic heterocycles. The lowest BCUT2D eigenvalue weighted by molar-refractivity contribution is 0.102. The highest BCUT2D eigenvalue weighted by Crippen LogP contribution is 2.30. The van der Waals surface area contributed by atoms with Crippen LogP contribution >= 0.6 is 0 Å². The lowest BCUT2D eigenvalue weighted by atomic mass is 10.2. The summed E-state index contributed by atoms with van der Waals surface area (Å²) < 4.78 is 23.4. The molecule has 8 heteroatoms. The van der Waals surface area contributed by atoms with Crippen molar-refractivity contribution in [3.05, 3.63) is 66.2 Å². The number of aromatic nitrogens is 2. The summed E-state index contributed by atoms with van der Waals surface area (Å²) in [4.78, 5) is 20.5. The van der Waals surface area contributed by atoms with E-state index in [-0.39, 0.29) is 11.4 Å². The maximum absolute atomic E-state index is 12.9. The Bertz CT molecular complexity index is 931. The molecule has 3 aromatic rings. The van der Waals surface area contributed by atoms with Gasteiger partial charge in [0.25, 0.3) is 5.91 Å². The summed E-state index contributed by atoms with van der Waals surface area (Å²) in [7, 11) is 3.12. The van der Waals surface area contributed by atoms with E-state index in [1.165, 1.54) is 36.7 Å². The van der Waals surface area contributed by atoms with Gasteiger partial charge in [0.2, 0.25) is 5.95 Å². The van der Waals surface area contributed by atoms with Crippen molar-refractivity contribution in [2.24, 2.45) is 0 Å². The molecule has 0 bridgehead atoms. The average Bonchev–Trinajstić information content (AvgIpc) is 2.70. The van der Waals surface area contributed by atoms with Crippen LogP contribution in [0.25, 0.3) is 0 Å². The number of halogens is 1. The van der Waals surface area contributed by atoms with Crippen LogP contribution < -0.4 is 20.1 Å². The fourth-order valence-electron chi connectivity index (χ4n) is 2.28. The summed E-state index contributed by atoms with van der Waals surface area (Å²) in [6.45, 7) is 0. The summed E-state index contributed by atoms with van der Waals surface area (Å²) in [6, 6.07) is 10.7. The molecule has 1 heterocycles. The molecule has 2 N–H and O–H groups in total. The van der Waals surface area contributed by atoms with Crippen LogP contribution in [0.5, 0.6) is 11.5 Å². The van der Waals surface area contributed by atoms with Crippen LogP contribution in [-0.2, 0) is 0 Å². The minimum Gasteiger partial charge on any atom is -0.497 e. The summed E-state index contributed by atoms with van der Waals surface area (Å²) >= 11 is 0. The number of hydrogen-bond donors (Lipinski definition) is 2. The molecule has 2 aromatic carbocycles. The third-order valence-corrected chi connectivity index (χ3v) is 3.67. The van der Waals surface area contributed by atoms with E-state index < -0.39 is 5.91 Å². The summed E-state index contributed by atoms with van der Waals surface area (Å²) in [5.74, 6) is 0.762. The van der Waals surface area contributed by atoms with Crippen molar-refractivity contribution >= 4 is 23.2 Å². The number of rotatable bonds is 6. The van der Waals surface area contributed by atoms with Gasteiger partial charge in [0.1, 0.15) is 17.3 Å². The molecule has 0 saturated heterocycles. The number of carbonyl (C=O) groups excluding carboxylic acids is 1. The second-order valence-corrected chi connectivity index (χ2v) is 5.45. The molecule has 0 aliphatic rings. The Kier molecular flexibility index (Phi) is 5.46. The van der Waals surface area contributed by atoms with E-state index in [0.29, 0.717) is 28.8 Å². The van der Waals surface area contributed by atoms with E-state index >= 15 is 0 Å². The summed E-state index contributed by atoms with van der Waals surface area (Å²) in [6.07, 6.45) is 2.78. The normalized spacial score (nSPS) is 10.2. The Morgan fingerprint density at radius 3 is 2.33 bits per heavy atom. The van der Waals surface area contributed by atoms with Crippen molar-refractivity contribution < 1.29 is 18.7 Å². The minimum atomic E-state index is -0.396. The molecule has 0 atom stereocenters. The molecule has 0 fully saturated rings. The van der Waals surface area contributed by atoms with Crippen LogP contribution in [0.2, 0.25) is 0 Å². The van der Waals surface area contributed by atoms with Crippen molar-refractivity contribution in [3.63, 3.8) is 0 Å². The SMILES string of the molecule is COc1ccc(OC)c(Nc2ncc(C(=O)Nc3ccc(F)cc3)cn2)c1. The standard InChI is InChI=1S/C19H17FN4O3/c1-26-15-7-8-17(27-2)16(9-15)24-19-21-10-12(11-22-19)18(25)23-14-5-3-13(20)4-6-14/h3-11H,1-2H3,(H,23,25)(H,21,22,24). The first kappa shape index (κ1) is 18.1. The predicted octanol–water partition coefficient (Wildman–Crippen LogP) is 3.63. The quantitative estimate of drug-likeness (QED) is 0.691. The lowest BCUT2D eigenvalue weighted by Gasteiger charge is -2.11. The zero-order valence-electron chi connectivity index (χ0n) is 14.7. The van der Waals surface area contributed by atoms with Crippen LogP contribution in [0.4, 0.5) is 21.7 Å². The van der Waals surface area contributed by atoms with E-state index in [2.05, 4.69) is 20.6 Å². The maximum atomic E-state index is 12.9. The lowest BCUT2D eigenvalue weighted by Crippen LogP contribution is -2.13. The molecule has 3 rings (SSSR count). The van der Waals surface area contributed by atoms with Gasteiger partial charge in [-0.2, -0.15) is 0 Å². The molecule has 0 radical (unpaired) electrons. The van der Waals surface area contributed by atoms with Crippen LogP contribution in [0.15, 0.2) is 54.9 Å². The molecule has 1 amide bonds. The van der Waals surface area contributed by atoms with Crippen molar-refractivity contribution in [1.82, 2.24) is 9.97 Å². The van der Waals surface area contributed by atoms with Crippen molar-refractivity contribution in [1.29, 1.82) is 0 Å². The van der Waals surface area contributed by atoms with Crippen LogP contribution in [0, 0.1) is 5.82 Å². The minimum absolute atomic E-state index is 0.266. The predicted molar refractivity (Wildman–Crippen MR) is 99.2 cm³/mol. The number of hydrogen-bond acceptors (Lipinski definition) is 6. The number of nitrogens with zero attached hydrogens (tertiary/aromatic N) is 2. The van der Waals surface area contributed by atoms with E-state index in [1.807, 2.05) is 0 Å². The van der Waals surface area contributed by atoms with Crippen molar-refractivity contribution in [2.45, 2.75) is 0 Å². The molecular formula is C19H17FN4O3. The van der Waals surface area contributed by atoms with Crippen LogP contribution in [-0.4, -0.2) is 30.1 Å². The van der Waals surface area contributed by atoms with Gasteiger partial charge in [-0.1, -0.05) is 0 Å². The summed E-state index contributed by atoms with van der Waals surface area (Å²) in [5, 5.41) is 5.66. The molecule has 138 valence electrons. The number of ether oxygens (including phenoxy) is 2. The first-order valence-electron chi connectivity index (χ1n) is 7.97. The Labute approximate surface area is 155 Å². The van der Waals surface area contributed by atoms with E-state index in [0.717, 1.165) is 0 Å². The molecule has 0 unspecified atom stereocenters. The van der Waals surface area contributed by atoms with Crippen molar-refractivity contribution in [2.75, 3.05) is 24.9 Å². The third-order valence-electron chi connectivity index (χ3n) is 3.67. The monoisotopic (exact) mass is 368 g/mol. The zero-order chi connectivity index (χ0) is 19.2. The second kappa shape index (κ2) is 8.13. The van der Waals surface area contributed by atoms with Gasteiger partial charge in [-0.15, -0.1) is 0 Å². The highest BCUT2D eigenvalue weighted by molar-refractivity contribution is 6.03. The summed E-state index contributed by atoms with van der Waals surface area (Å²) in [5.41, 5.74) is 1.37. The largest absolute Gasteiger partial charge is 0.497 e. The van der Waals surface area contributed by atoms with Gasteiger partial charge >= 0.3 is 0 Å². The van der Waals surface area contributed by atoms with Crippen LogP contribution in [0.3, 0.4) is 0 Å². The van der Waals surface area contributed by atoms with Gasteiger partial charge in [0.15, 0.2) is 0 Å². The number of amides is 1. The molecule has 0 saturated carbocycles. The number of methoxy groups -OCH3 is 2. The van der Waals surface area contributed by atoms with Gasteiger partial charge in [-0.25, -0.2) is 14.4 Å². The Morgan fingerprint density at radius 1 is 1.00 bits per heavy atom. The molecule has 0 aliphatic heterocycles. The van der Waals surface area contributed by atoms with Gasteiger partial charge < -0.3 is 20.1 Å². The highest BCUT2D eigenvalue weighted by atomic mass is 19.1.